The largest absolute Gasteiger partial charge is 0.508 e. The fourth-order valence-electron chi connectivity index (χ4n) is 1.82. The summed E-state index contributed by atoms with van der Waals surface area (Å²) in [5.41, 5.74) is 3.38. The van der Waals surface area contributed by atoms with E-state index in [1.807, 2.05) is 37.3 Å². The first kappa shape index (κ1) is 14.6. The molecule has 2 rings (SSSR count). The average molecular weight is 284 g/mol. The lowest BCUT2D eigenvalue weighted by molar-refractivity contribution is 0.0952. The van der Waals surface area contributed by atoms with Crippen molar-refractivity contribution in [3.8, 4) is 11.5 Å². The maximum Gasteiger partial charge on any atom is 0.275 e. The Balaban J connectivity index is 2.01. The lowest BCUT2D eigenvalue weighted by Gasteiger charge is -2.06. The number of benzene rings is 2. The number of nitrogens with zero attached hydrogens (tertiary/aromatic N) is 1. The Bertz CT molecular complexity index is 654. The Morgan fingerprint density at radius 2 is 1.90 bits per heavy atom. The summed E-state index contributed by atoms with van der Waals surface area (Å²) in [5, 5.41) is 22.8. The number of hydrazone groups is 1. The van der Waals surface area contributed by atoms with Crippen LogP contribution in [0.1, 0.15) is 28.8 Å². The number of phenolic OH excluding ortho intramolecular Hbond substituents is 2. The highest BCUT2D eigenvalue weighted by atomic mass is 16.3. The molecule has 3 N–H and O–H groups in total. The average Bonchev–Trinajstić information content (AvgIpc) is 2.50. The minimum atomic E-state index is -0.583. The Kier molecular flexibility index (Phi) is 4.56. The summed E-state index contributed by atoms with van der Waals surface area (Å²) in [6, 6.07) is 13.5. The molecule has 0 aliphatic heterocycles. The van der Waals surface area contributed by atoms with Crippen molar-refractivity contribution in [3.05, 3.63) is 59.7 Å². The number of nitrogens with one attached hydrogen (secondary N) is 1. The molecule has 0 saturated heterocycles. The van der Waals surface area contributed by atoms with Crippen LogP contribution in [0.15, 0.2) is 53.6 Å². The van der Waals surface area contributed by atoms with Crippen LogP contribution in [0.4, 0.5) is 0 Å². The van der Waals surface area contributed by atoms with Gasteiger partial charge >= 0.3 is 0 Å². The quantitative estimate of drug-likeness (QED) is 0.458. The molecule has 0 saturated carbocycles. The highest BCUT2D eigenvalue weighted by molar-refractivity contribution is 5.97. The second-order valence-corrected chi connectivity index (χ2v) is 4.62. The number of carbonyl (C=O) groups excluding carboxylic acids is 1. The van der Waals surface area contributed by atoms with Crippen LogP contribution in [0.2, 0.25) is 0 Å². The molecule has 5 heteroatoms. The zero-order chi connectivity index (χ0) is 15.2. The third-order valence-corrected chi connectivity index (χ3v) is 3.01. The van der Waals surface area contributed by atoms with Gasteiger partial charge in [0.15, 0.2) is 0 Å². The van der Waals surface area contributed by atoms with Crippen LogP contribution in [0.25, 0.3) is 0 Å². The van der Waals surface area contributed by atoms with Gasteiger partial charge in [-0.3, -0.25) is 4.79 Å². The molecule has 0 spiro atoms. The Labute approximate surface area is 122 Å². The first-order valence-electron chi connectivity index (χ1n) is 6.48. The van der Waals surface area contributed by atoms with Crippen molar-refractivity contribution in [2.24, 2.45) is 5.10 Å². The van der Waals surface area contributed by atoms with Crippen molar-refractivity contribution in [3.63, 3.8) is 0 Å². The van der Waals surface area contributed by atoms with Crippen molar-refractivity contribution in [2.45, 2.75) is 12.8 Å². The van der Waals surface area contributed by atoms with Gasteiger partial charge in [0.05, 0.1) is 5.56 Å². The molecular weight excluding hydrogens is 268 g/mol. The predicted molar refractivity (Wildman–Crippen MR) is 80.6 cm³/mol. The summed E-state index contributed by atoms with van der Waals surface area (Å²) in [6.45, 7) is 1.96. The molecule has 0 aromatic heterocycles. The van der Waals surface area contributed by atoms with Gasteiger partial charge in [0.1, 0.15) is 11.5 Å². The van der Waals surface area contributed by atoms with Gasteiger partial charge in [0, 0.05) is 12.1 Å². The Morgan fingerprint density at radius 1 is 1.19 bits per heavy atom. The van der Waals surface area contributed by atoms with Crippen molar-refractivity contribution in [1.29, 1.82) is 0 Å². The van der Waals surface area contributed by atoms with Crippen LogP contribution >= 0.6 is 0 Å². The first-order chi connectivity index (χ1) is 10.1. The van der Waals surface area contributed by atoms with Crippen molar-refractivity contribution in [2.75, 3.05) is 0 Å². The first-order valence-corrected chi connectivity index (χ1v) is 6.48. The number of aromatic hydroxyl groups is 2. The van der Waals surface area contributed by atoms with E-state index in [9.17, 15) is 15.0 Å². The number of rotatable bonds is 4. The minimum absolute atomic E-state index is 0.0282. The van der Waals surface area contributed by atoms with E-state index in [2.05, 4.69) is 10.5 Å². The highest BCUT2D eigenvalue weighted by Crippen LogP contribution is 2.21. The molecule has 1 amide bonds. The Hall–Kier alpha value is -2.82. The van der Waals surface area contributed by atoms with Crippen molar-refractivity contribution in [1.82, 2.24) is 5.43 Å². The van der Waals surface area contributed by atoms with Crippen LogP contribution in [-0.2, 0) is 0 Å². The molecule has 2 aromatic rings. The van der Waals surface area contributed by atoms with Crippen LogP contribution in [0, 0.1) is 0 Å². The molecule has 2 aromatic carbocycles. The van der Waals surface area contributed by atoms with E-state index in [1.165, 1.54) is 18.2 Å². The SMILES string of the molecule is C[C@@H](/C=N\NC(=O)c1cc(O)ccc1O)c1ccccc1. The van der Waals surface area contributed by atoms with Gasteiger partial charge < -0.3 is 10.2 Å². The monoisotopic (exact) mass is 284 g/mol. The molecular formula is C16H16N2O3. The fourth-order valence-corrected chi connectivity index (χ4v) is 1.82. The molecule has 0 radical (unpaired) electrons. The number of carbonyl (C=O) groups is 1. The van der Waals surface area contributed by atoms with E-state index in [1.54, 1.807) is 6.21 Å². The lowest BCUT2D eigenvalue weighted by Crippen LogP contribution is -2.18. The van der Waals surface area contributed by atoms with Gasteiger partial charge in [0.2, 0.25) is 0 Å². The normalized spacial score (nSPS) is 12.2. The van der Waals surface area contributed by atoms with E-state index >= 15 is 0 Å². The van der Waals surface area contributed by atoms with Crippen LogP contribution in [-0.4, -0.2) is 22.3 Å². The summed E-state index contributed by atoms with van der Waals surface area (Å²) in [7, 11) is 0. The molecule has 21 heavy (non-hydrogen) atoms. The molecule has 108 valence electrons. The van der Waals surface area contributed by atoms with Gasteiger partial charge in [0.25, 0.3) is 5.91 Å². The van der Waals surface area contributed by atoms with Crippen molar-refractivity contribution >= 4 is 12.1 Å². The summed E-state index contributed by atoms with van der Waals surface area (Å²) < 4.78 is 0. The van der Waals surface area contributed by atoms with E-state index in [0.717, 1.165) is 5.56 Å². The molecule has 0 fully saturated rings. The maximum absolute atomic E-state index is 11.8. The molecule has 0 unspecified atom stereocenters. The van der Waals surface area contributed by atoms with E-state index < -0.39 is 5.91 Å². The molecule has 0 bridgehead atoms. The molecule has 5 nitrogen and oxygen atoms in total. The van der Waals surface area contributed by atoms with Crippen molar-refractivity contribution < 1.29 is 15.0 Å². The van der Waals surface area contributed by atoms with Crippen LogP contribution in [0.5, 0.6) is 11.5 Å². The summed E-state index contributed by atoms with van der Waals surface area (Å²) in [5.74, 6) is -0.847. The maximum atomic E-state index is 11.8. The summed E-state index contributed by atoms with van der Waals surface area (Å²) in [6.07, 6.45) is 1.60. The third-order valence-electron chi connectivity index (χ3n) is 3.01. The zero-order valence-electron chi connectivity index (χ0n) is 11.5. The second kappa shape index (κ2) is 6.56. The van der Waals surface area contributed by atoms with Gasteiger partial charge in [-0.05, 0) is 23.8 Å². The topological polar surface area (TPSA) is 81.9 Å². The highest BCUT2D eigenvalue weighted by Gasteiger charge is 2.11. The molecule has 1 atom stereocenters. The van der Waals surface area contributed by atoms with E-state index in [0.29, 0.717) is 0 Å². The standard InChI is InChI=1S/C16H16N2O3/c1-11(12-5-3-2-4-6-12)10-17-18-16(21)14-9-13(19)7-8-15(14)20/h2-11,19-20H,1H3,(H,18,21)/b17-10-/t11-/m0/s1. The molecule has 0 aliphatic carbocycles. The number of hydrogen-bond acceptors (Lipinski definition) is 4. The second-order valence-electron chi connectivity index (χ2n) is 4.62. The summed E-state index contributed by atoms with van der Waals surface area (Å²) in [4.78, 5) is 11.8. The third kappa shape index (κ3) is 3.82. The van der Waals surface area contributed by atoms with Gasteiger partial charge in [-0.25, -0.2) is 5.43 Å². The summed E-state index contributed by atoms with van der Waals surface area (Å²) >= 11 is 0. The minimum Gasteiger partial charge on any atom is -0.508 e. The van der Waals surface area contributed by atoms with Crippen LogP contribution in [0.3, 0.4) is 0 Å². The van der Waals surface area contributed by atoms with Gasteiger partial charge in [-0.2, -0.15) is 5.10 Å². The van der Waals surface area contributed by atoms with E-state index in [4.69, 9.17) is 0 Å². The molecule has 0 aliphatic rings. The fraction of sp³-hybridized carbons (Fsp3) is 0.125. The zero-order valence-corrected chi connectivity index (χ0v) is 11.5. The van der Waals surface area contributed by atoms with Gasteiger partial charge in [-0.15, -0.1) is 0 Å². The number of hydrogen-bond donors (Lipinski definition) is 3. The smallest absolute Gasteiger partial charge is 0.275 e. The number of phenols is 2. The van der Waals surface area contributed by atoms with Crippen LogP contribution < -0.4 is 5.43 Å². The number of amides is 1. The predicted octanol–water partition coefficient (Wildman–Crippen LogP) is 2.62. The Morgan fingerprint density at radius 3 is 2.62 bits per heavy atom. The van der Waals surface area contributed by atoms with E-state index in [-0.39, 0.29) is 23.0 Å². The van der Waals surface area contributed by atoms with Gasteiger partial charge in [-0.1, -0.05) is 37.3 Å². The molecule has 0 heterocycles. The lowest BCUT2D eigenvalue weighted by atomic mass is 10.0.